The number of fused-ring (bicyclic) bond motifs is 2. The Kier molecular flexibility index (Phi) is 2.65. The summed E-state index contributed by atoms with van der Waals surface area (Å²) in [6, 6.07) is 8.89. The third kappa shape index (κ3) is 1.28. The first-order chi connectivity index (χ1) is 12.6. The molecular weight excluding hydrogens is 328 g/mol. The van der Waals surface area contributed by atoms with Crippen LogP contribution in [0.25, 0.3) is 0 Å². The number of esters is 1. The molecule has 0 radical (unpaired) electrons. The Hall–Kier alpha value is -1.85. The zero-order valence-corrected chi connectivity index (χ0v) is 15.1. The third-order valence-electron chi connectivity index (χ3n) is 8.30. The van der Waals surface area contributed by atoms with Crippen molar-refractivity contribution in [2.45, 2.75) is 49.4 Å². The molecule has 1 aliphatic carbocycles. The van der Waals surface area contributed by atoms with E-state index in [0.29, 0.717) is 6.04 Å². The molecule has 7 rings (SSSR count). The Labute approximate surface area is 153 Å². The molecule has 5 heterocycles. The van der Waals surface area contributed by atoms with Crippen molar-refractivity contribution in [3.8, 4) is 0 Å². The Morgan fingerprint density at radius 1 is 1.42 bits per heavy atom. The highest BCUT2D eigenvalue weighted by Crippen LogP contribution is 2.71. The lowest BCUT2D eigenvalue weighted by atomic mass is 9.58. The molecule has 26 heavy (non-hydrogen) atoms. The van der Waals surface area contributed by atoms with Crippen molar-refractivity contribution in [3.05, 3.63) is 41.5 Å². The van der Waals surface area contributed by atoms with E-state index < -0.39 is 16.9 Å². The molecule has 8 atom stereocenters. The minimum absolute atomic E-state index is 0.0570. The van der Waals surface area contributed by atoms with Gasteiger partial charge in [0, 0.05) is 35.6 Å². The van der Waals surface area contributed by atoms with Gasteiger partial charge in [0.1, 0.15) is 5.41 Å². The topological polar surface area (TPSA) is 61.8 Å². The SMILES string of the molecule is C/C=C1/CN2[C@H]3C[C@@]45c6ccccc6N[C@@H]4[C@@H]2C[C@@H]1[C@]3(C(=O)OC)[C@H]5O. The Balaban J connectivity index is 1.65. The molecule has 5 aliphatic heterocycles. The number of para-hydroxylation sites is 1. The normalized spacial score (nSPS) is 50.5. The number of nitrogens with one attached hydrogen (secondary N) is 1. The highest BCUT2D eigenvalue weighted by molar-refractivity contribution is 5.84. The Morgan fingerprint density at radius 2 is 2.23 bits per heavy atom. The number of carbonyl (C=O) groups is 1. The van der Waals surface area contributed by atoms with Gasteiger partial charge in [0.15, 0.2) is 0 Å². The van der Waals surface area contributed by atoms with Crippen molar-refractivity contribution in [1.29, 1.82) is 0 Å². The number of benzene rings is 1. The van der Waals surface area contributed by atoms with Crippen LogP contribution in [0, 0.1) is 11.3 Å². The molecule has 4 saturated heterocycles. The van der Waals surface area contributed by atoms with E-state index in [1.54, 1.807) is 0 Å². The number of carbonyl (C=O) groups excluding carboxylic acids is 1. The zero-order chi connectivity index (χ0) is 17.8. The van der Waals surface area contributed by atoms with Gasteiger partial charge in [-0.25, -0.2) is 0 Å². The van der Waals surface area contributed by atoms with E-state index in [1.165, 1.54) is 18.2 Å². The number of allylic oxidation sites excluding steroid dienone is 1. The molecular formula is C21H24N2O3. The van der Waals surface area contributed by atoms with Crippen molar-refractivity contribution in [3.63, 3.8) is 0 Å². The number of hydrogen-bond acceptors (Lipinski definition) is 5. The molecule has 136 valence electrons. The van der Waals surface area contributed by atoms with E-state index in [-0.39, 0.29) is 24.0 Å². The number of hydrogen-bond donors (Lipinski definition) is 2. The number of piperidine rings is 4. The standard InChI is InChI=1S/C21H24N2O3/c1-3-11-10-23-15-8-13(11)21(19(25)26-2)16(23)9-20(18(21)24)12-6-4-5-7-14(12)22-17(15)20/h3-7,13,15-18,22,24H,8-10H2,1-2H3/b11-3-/t13-,15-,16-,17+,18-,20+,21+/m0/s1. The van der Waals surface area contributed by atoms with Gasteiger partial charge >= 0.3 is 5.97 Å². The summed E-state index contributed by atoms with van der Waals surface area (Å²) in [4.78, 5) is 15.7. The summed E-state index contributed by atoms with van der Waals surface area (Å²) in [5.74, 6) is -0.154. The average molecular weight is 352 g/mol. The number of methoxy groups -OCH3 is 1. The highest BCUT2D eigenvalue weighted by atomic mass is 16.5. The maximum Gasteiger partial charge on any atom is 0.316 e. The molecule has 5 bridgehead atoms. The molecule has 1 aromatic rings. The van der Waals surface area contributed by atoms with E-state index in [2.05, 4.69) is 35.3 Å². The number of nitrogens with zero attached hydrogens (tertiary/aromatic N) is 1. The van der Waals surface area contributed by atoms with Crippen LogP contribution in [0.2, 0.25) is 0 Å². The van der Waals surface area contributed by atoms with Crippen LogP contribution in [0.3, 0.4) is 0 Å². The zero-order valence-electron chi connectivity index (χ0n) is 15.1. The summed E-state index contributed by atoms with van der Waals surface area (Å²) in [6.45, 7) is 2.96. The van der Waals surface area contributed by atoms with E-state index in [4.69, 9.17) is 4.74 Å². The fraction of sp³-hybridized carbons (Fsp3) is 0.571. The summed E-state index contributed by atoms with van der Waals surface area (Å²) in [5.41, 5.74) is 2.34. The maximum absolute atomic E-state index is 13.2. The molecule has 1 aromatic carbocycles. The first-order valence-electron chi connectivity index (χ1n) is 9.64. The monoisotopic (exact) mass is 352 g/mol. The highest BCUT2D eigenvalue weighted by Gasteiger charge is 2.82. The molecule has 5 nitrogen and oxygen atoms in total. The molecule has 1 unspecified atom stereocenters. The number of anilines is 1. The number of aliphatic hydroxyl groups is 1. The van der Waals surface area contributed by atoms with Gasteiger partial charge in [-0.1, -0.05) is 29.8 Å². The van der Waals surface area contributed by atoms with Gasteiger partial charge in [-0.2, -0.15) is 0 Å². The van der Waals surface area contributed by atoms with Crippen LogP contribution >= 0.6 is 0 Å². The van der Waals surface area contributed by atoms with Crippen LogP contribution in [0.15, 0.2) is 35.9 Å². The van der Waals surface area contributed by atoms with Gasteiger partial charge in [-0.3, -0.25) is 9.69 Å². The first-order valence-corrected chi connectivity index (χ1v) is 9.64. The average Bonchev–Trinajstić information content (AvgIpc) is 3.13. The van der Waals surface area contributed by atoms with Crippen molar-refractivity contribution < 1.29 is 14.6 Å². The minimum atomic E-state index is -0.848. The second kappa shape index (κ2) is 4.52. The fourth-order valence-corrected chi connectivity index (χ4v) is 7.49. The van der Waals surface area contributed by atoms with E-state index >= 15 is 0 Å². The number of aliphatic hydroxyl groups excluding tert-OH is 1. The summed E-state index contributed by atoms with van der Waals surface area (Å²) >= 11 is 0. The summed E-state index contributed by atoms with van der Waals surface area (Å²) in [5, 5.41) is 15.6. The Morgan fingerprint density at radius 3 is 3.00 bits per heavy atom. The van der Waals surface area contributed by atoms with Crippen LogP contribution in [-0.2, 0) is 14.9 Å². The fourth-order valence-electron chi connectivity index (χ4n) is 7.49. The van der Waals surface area contributed by atoms with Crippen molar-refractivity contribution in [1.82, 2.24) is 4.90 Å². The number of rotatable bonds is 1. The maximum atomic E-state index is 13.2. The van der Waals surface area contributed by atoms with E-state index in [9.17, 15) is 9.90 Å². The molecule has 1 saturated carbocycles. The molecule has 5 fully saturated rings. The van der Waals surface area contributed by atoms with Crippen molar-refractivity contribution in [2.75, 3.05) is 19.0 Å². The first kappa shape index (κ1) is 15.2. The van der Waals surface area contributed by atoms with Crippen LogP contribution in [0.1, 0.15) is 25.3 Å². The van der Waals surface area contributed by atoms with Gasteiger partial charge in [0.05, 0.1) is 19.3 Å². The third-order valence-corrected chi connectivity index (χ3v) is 8.30. The van der Waals surface area contributed by atoms with Gasteiger partial charge < -0.3 is 15.2 Å². The van der Waals surface area contributed by atoms with Crippen LogP contribution < -0.4 is 5.32 Å². The summed E-state index contributed by atoms with van der Waals surface area (Å²) in [7, 11) is 1.46. The largest absolute Gasteiger partial charge is 0.468 e. The Bertz CT molecular complexity index is 867. The second-order valence-electron chi connectivity index (χ2n) is 8.65. The minimum Gasteiger partial charge on any atom is -0.468 e. The van der Waals surface area contributed by atoms with Gasteiger partial charge in [-0.15, -0.1) is 0 Å². The lowest BCUT2D eigenvalue weighted by molar-refractivity contribution is -0.179. The van der Waals surface area contributed by atoms with Crippen LogP contribution in [0.4, 0.5) is 5.69 Å². The second-order valence-corrected chi connectivity index (χ2v) is 8.65. The molecule has 0 aromatic heterocycles. The van der Waals surface area contributed by atoms with Crippen molar-refractivity contribution >= 4 is 11.7 Å². The van der Waals surface area contributed by atoms with Crippen LogP contribution in [-0.4, -0.2) is 53.9 Å². The molecule has 1 spiro atoms. The molecule has 0 amide bonds. The van der Waals surface area contributed by atoms with Crippen LogP contribution in [0.5, 0.6) is 0 Å². The predicted octanol–water partition coefficient (Wildman–Crippen LogP) is 1.68. The van der Waals surface area contributed by atoms with Gasteiger partial charge in [0.2, 0.25) is 0 Å². The number of ether oxygens (including phenoxy) is 1. The molecule has 6 aliphatic rings. The molecule has 2 N–H and O–H groups in total. The van der Waals surface area contributed by atoms with Gasteiger partial charge in [0.25, 0.3) is 0 Å². The lowest BCUT2D eigenvalue weighted by Gasteiger charge is -2.60. The summed E-state index contributed by atoms with van der Waals surface area (Å²) < 4.78 is 5.34. The smallest absolute Gasteiger partial charge is 0.316 e. The van der Waals surface area contributed by atoms with E-state index in [0.717, 1.165) is 25.1 Å². The molecule has 5 heteroatoms. The summed E-state index contributed by atoms with van der Waals surface area (Å²) in [6.07, 6.45) is 3.15. The predicted molar refractivity (Wildman–Crippen MR) is 96.7 cm³/mol. The van der Waals surface area contributed by atoms with Gasteiger partial charge in [-0.05, 0) is 31.4 Å². The lowest BCUT2D eigenvalue weighted by Crippen LogP contribution is -2.71. The van der Waals surface area contributed by atoms with E-state index in [1.807, 2.05) is 12.1 Å². The van der Waals surface area contributed by atoms with Crippen molar-refractivity contribution in [2.24, 2.45) is 11.3 Å². The quantitative estimate of drug-likeness (QED) is 0.595.